The van der Waals surface area contributed by atoms with Crippen LogP contribution in [0, 0.1) is 0 Å². The second kappa shape index (κ2) is 12.1. The van der Waals surface area contributed by atoms with Gasteiger partial charge in [0, 0.05) is 11.6 Å². The zero-order chi connectivity index (χ0) is 23.5. The first-order chi connectivity index (χ1) is 16.1. The average Bonchev–Trinajstić information content (AvgIpc) is 2.84. The fraction of sp³-hybridized carbons (Fsp3) is 0.231. The molecular weight excluding hydrogens is 422 g/mol. The summed E-state index contributed by atoms with van der Waals surface area (Å²) in [5, 5.41) is 2.72. The van der Waals surface area contributed by atoms with Crippen LogP contribution in [0.5, 0.6) is 17.2 Å². The van der Waals surface area contributed by atoms with Gasteiger partial charge in [0.05, 0.1) is 24.5 Å². The Morgan fingerprint density at radius 3 is 2.27 bits per heavy atom. The van der Waals surface area contributed by atoms with Crippen LogP contribution in [-0.2, 0) is 16.1 Å². The first-order valence-corrected chi connectivity index (χ1v) is 10.7. The summed E-state index contributed by atoms with van der Waals surface area (Å²) < 4.78 is 22.0. The number of hydrogen-bond donors (Lipinski definition) is 1. The first-order valence-electron chi connectivity index (χ1n) is 10.7. The monoisotopic (exact) mass is 449 g/mol. The molecule has 0 aromatic heterocycles. The Balaban J connectivity index is 1.61. The van der Waals surface area contributed by atoms with Gasteiger partial charge in [-0.15, -0.1) is 0 Å². The molecule has 0 aliphatic rings. The van der Waals surface area contributed by atoms with E-state index < -0.39 is 18.5 Å². The largest absolute Gasteiger partial charge is 0.494 e. The number of carbonyl (C=O) groups excluding carboxylic acids is 2. The molecule has 0 aliphatic carbocycles. The molecule has 7 nitrogen and oxygen atoms in total. The van der Waals surface area contributed by atoms with E-state index in [2.05, 4.69) is 5.32 Å². The first kappa shape index (κ1) is 23.7. The zero-order valence-electron chi connectivity index (χ0n) is 18.7. The zero-order valence-corrected chi connectivity index (χ0v) is 18.7. The van der Waals surface area contributed by atoms with Gasteiger partial charge in [0.15, 0.2) is 6.61 Å². The quantitative estimate of drug-likeness (QED) is 0.421. The number of anilines is 1. The van der Waals surface area contributed by atoms with Gasteiger partial charge in [-0.2, -0.15) is 0 Å². The second-order valence-electron chi connectivity index (χ2n) is 6.91. The number of para-hydroxylation sites is 1. The predicted octanol–water partition coefficient (Wildman–Crippen LogP) is 4.86. The van der Waals surface area contributed by atoms with Crippen molar-refractivity contribution in [2.75, 3.05) is 25.1 Å². The Labute approximate surface area is 193 Å². The number of esters is 1. The molecule has 1 amide bonds. The Bertz CT molecular complexity index is 1070. The molecule has 3 rings (SSSR count). The fourth-order valence-electron chi connectivity index (χ4n) is 3.06. The van der Waals surface area contributed by atoms with Crippen LogP contribution in [0.2, 0.25) is 0 Å². The molecule has 0 unspecified atom stereocenters. The van der Waals surface area contributed by atoms with Crippen molar-refractivity contribution >= 4 is 17.6 Å². The van der Waals surface area contributed by atoms with Crippen LogP contribution in [0.3, 0.4) is 0 Å². The molecule has 0 saturated heterocycles. The Morgan fingerprint density at radius 1 is 0.788 bits per heavy atom. The SMILES string of the molecule is CCOc1ccc(OCC)c(NC(=O)COC(=O)c2ccccc2COc2ccccc2)c1. The van der Waals surface area contributed by atoms with E-state index in [9.17, 15) is 9.59 Å². The highest BCUT2D eigenvalue weighted by Crippen LogP contribution is 2.29. The summed E-state index contributed by atoms with van der Waals surface area (Å²) in [5.74, 6) is 0.700. The molecule has 33 heavy (non-hydrogen) atoms. The highest BCUT2D eigenvalue weighted by Gasteiger charge is 2.16. The number of ether oxygens (including phenoxy) is 4. The van der Waals surface area contributed by atoms with E-state index in [1.807, 2.05) is 50.2 Å². The Kier molecular flexibility index (Phi) is 8.71. The molecule has 3 aromatic rings. The van der Waals surface area contributed by atoms with Crippen molar-refractivity contribution in [3.8, 4) is 17.2 Å². The standard InChI is InChI=1S/C26H27NO6/c1-3-30-21-14-15-24(31-4-2)23(16-21)27-25(28)18-33-26(29)22-13-9-8-10-19(22)17-32-20-11-6-5-7-12-20/h5-16H,3-4,17-18H2,1-2H3,(H,27,28). The summed E-state index contributed by atoms with van der Waals surface area (Å²) >= 11 is 0. The maximum absolute atomic E-state index is 12.6. The van der Waals surface area contributed by atoms with E-state index >= 15 is 0 Å². The molecule has 0 radical (unpaired) electrons. The molecule has 0 fully saturated rings. The maximum Gasteiger partial charge on any atom is 0.339 e. The normalized spacial score (nSPS) is 10.2. The minimum atomic E-state index is -0.606. The van der Waals surface area contributed by atoms with Crippen LogP contribution in [0.15, 0.2) is 72.8 Å². The van der Waals surface area contributed by atoms with Crippen molar-refractivity contribution in [1.82, 2.24) is 0 Å². The summed E-state index contributed by atoms with van der Waals surface area (Å²) in [6.07, 6.45) is 0. The topological polar surface area (TPSA) is 83.1 Å². The van der Waals surface area contributed by atoms with Crippen molar-refractivity contribution in [3.05, 3.63) is 83.9 Å². The van der Waals surface area contributed by atoms with Gasteiger partial charge >= 0.3 is 5.97 Å². The molecule has 1 N–H and O–H groups in total. The van der Waals surface area contributed by atoms with Crippen molar-refractivity contribution < 1.29 is 28.5 Å². The molecule has 0 aliphatic heterocycles. The third kappa shape index (κ3) is 7.00. The van der Waals surface area contributed by atoms with Crippen LogP contribution in [0.25, 0.3) is 0 Å². The third-order valence-electron chi connectivity index (χ3n) is 4.55. The molecule has 0 bridgehead atoms. The molecular formula is C26H27NO6. The summed E-state index contributed by atoms with van der Waals surface area (Å²) in [6, 6.07) is 21.4. The van der Waals surface area contributed by atoms with Crippen molar-refractivity contribution in [2.24, 2.45) is 0 Å². The third-order valence-corrected chi connectivity index (χ3v) is 4.55. The minimum absolute atomic E-state index is 0.198. The van der Waals surface area contributed by atoms with Crippen LogP contribution in [0.1, 0.15) is 29.8 Å². The van der Waals surface area contributed by atoms with Gasteiger partial charge in [0.1, 0.15) is 23.9 Å². The van der Waals surface area contributed by atoms with Gasteiger partial charge in [-0.1, -0.05) is 36.4 Å². The average molecular weight is 450 g/mol. The maximum atomic E-state index is 12.6. The molecule has 0 heterocycles. The summed E-state index contributed by atoms with van der Waals surface area (Å²) in [7, 11) is 0. The van der Waals surface area contributed by atoms with Crippen molar-refractivity contribution in [1.29, 1.82) is 0 Å². The van der Waals surface area contributed by atoms with Crippen molar-refractivity contribution in [3.63, 3.8) is 0 Å². The second-order valence-corrected chi connectivity index (χ2v) is 6.91. The molecule has 3 aromatic carbocycles. The number of carbonyl (C=O) groups is 2. The van der Waals surface area contributed by atoms with E-state index in [1.54, 1.807) is 36.4 Å². The molecule has 0 atom stereocenters. The van der Waals surface area contributed by atoms with E-state index in [0.29, 0.717) is 47.3 Å². The van der Waals surface area contributed by atoms with Gasteiger partial charge in [-0.25, -0.2) is 4.79 Å². The molecule has 7 heteroatoms. The number of rotatable bonds is 11. The highest BCUT2D eigenvalue weighted by molar-refractivity contribution is 5.97. The van der Waals surface area contributed by atoms with E-state index in [-0.39, 0.29) is 6.61 Å². The lowest BCUT2D eigenvalue weighted by molar-refractivity contribution is -0.119. The van der Waals surface area contributed by atoms with Crippen LogP contribution >= 0.6 is 0 Å². The van der Waals surface area contributed by atoms with Gasteiger partial charge in [-0.3, -0.25) is 4.79 Å². The minimum Gasteiger partial charge on any atom is -0.494 e. The summed E-state index contributed by atoms with van der Waals surface area (Å²) in [6.45, 7) is 4.40. The number of nitrogens with one attached hydrogen (secondary N) is 1. The molecule has 0 spiro atoms. The lowest BCUT2D eigenvalue weighted by Gasteiger charge is -2.14. The van der Waals surface area contributed by atoms with Gasteiger partial charge in [-0.05, 0) is 44.2 Å². The van der Waals surface area contributed by atoms with Crippen LogP contribution in [0.4, 0.5) is 5.69 Å². The number of amides is 1. The van der Waals surface area contributed by atoms with Gasteiger partial charge in [0.25, 0.3) is 5.91 Å². The predicted molar refractivity (Wildman–Crippen MR) is 125 cm³/mol. The van der Waals surface area contributed by atoms with Gasteiger partial charge < -0.3 is 24.3 Å². The van der Waals surface area contributed by atoms with Crippen molar-refractivity contribution in [2.45, 2.75) is 20.5 Å². The van der Waals surface area contributed by atoms with E-state index in [4.69, 9.17) is 18.9 Å². The van der Waals surface area contributed by atoms with E-state index in [0.717, 1.165) is 0 Å². The lowest BCUT2D eigenvalue weighted by Crippen LogP contribution is -2.22. The van der Waals surface area contributed by atoms with Gasteiger partial charge in [0.2, 0.25) is 0 Å². The van der Waals surface area contributed by atoms with Crippen LogP contribution in [-0.4, -0.2) is 31.7 Å². The van der Waals surface area contributed by atoms with Crippen LogP contribution < -0.4 is 19.5 Å². The molecule has 172 valence electrons. The fourth-order valence-corrected chi connectivity index (χ4v) is 3.06. The Morgan fingerprint density at radius 2 is 1.52 bits per heavy atom. The lowest BCUT2D eigenvalue weighted by atomic mass is 10.1. The smallest absolute Gasteiger partial charge is 0.339 e. The van der Waals surface area contributed by atoms with E-state index in [1.165, 1.54) is 0 Å². The number of benzene rings is 3. The highest BCUT2D eigenvalue weighted by atomic mass is 16.5. The summed E-state index contributed by atoms with van der Waals surface area (Å²) in [5.41, 5.74) is 1.45. The Hall–Kier alpha value is -4.00. The number of hydrogen-bond acceptors (Lipinski definition) is 6. The summed E-state index contributed by atoms with van der Waals surface area (Å²) in [4.78, 5) is 25.1. The molecule has 0 saturated carbocycles.